The Morgan fingerprint density at radius 1 is 1.27 bits per heavy atom. The lowest BCUT2D eigenvalue weighted by Crippen LogP contribution is -2.37. The molecule has 0 radical (unpaired) electrons. The molecule has 1 aromatic carbocycles. The molecular weight excluding hydrogens is 304 g/mol. The molecule has 1 heterocycles. The quantitative estimate of drug-likeness (QED) is 0.930. The topological polar surface area (TPSA) is 64.2 Å². The largest absolute Gasteiger partial charge is 0.361 e. The Bertz CT molecular complexity index is 712. The van der Waals surface area contributed by atoms with Crippen molar-refractivity contribution in [3.63, 3.8) is 0 Å². The number of carbonyl (C=O) groups excluding carboxylic acids is 1. The standard InChI is InChI=1S/C16H19ClN2O3/c1-4-13(5-2)18-16(21)19-14(10(3)15(20)22-19)11-6-8-12(17)9-7-11/h6-9,13H,4-5H2,1-3H3,(H,18,21). The van der Waals surface area contributed by atoms with Crippen molar-refractivity contribution >= 4 is 17.6 Å². The molecule has 0 aliphatic rings. The highest BCUT2D eigenvalue weighted by molar-refractivity contribution is 6.30. The van der Waals surface area contributed by atoms with E-state index in [0.29, 0.717) is 21.8 Å². The van der Waals surface area contributed by atoms with E-state index in [-0.39, 0.29) is 6.04 Å². The summed E-state index contributed by atoms with van der Waals surface area (Å²) in [4.78, 5) is 24.2. The molecule has 1 amide bonds. The highest BCUT2D eigenvalue weighted by Crippen LogP contribution is 2.24. The first-order chi connectivity index (χ1) is 10.5. The van der Waals surface area contributed by atoms with Gasteiger partial charge in [-0.1, -0.05) is 37.6 Å². The molecule has 0 aliphatic carbocycles. The Morgan fingerprint density at radius 3 is 2.41 bits per heavy atom. The van der Waals surface area contributed by atoms with Crippen molar-refractivity contribution < 1.29 is 9.32 Å². The smallest absolute Gasteiger partial charge is 0.332 e. The maximum atomic E-state index is 12.4. The number of carbonyl (C=O) groups is 1. The Morgan fingerprint density at radius 2 is 1.86 bits per heavy atom. The molecule has 0 aliphatic heterocycles. The fourth-order valence-electron chi connectivity index (χ4n) is 2.26. The van der Waals surface area contributed by atoms with Crippen LogP contribution in [-0.4, -0.2) is 16.8 Å². The number of nitrogens with one attached hydrogen (secondary N) is 1. The van der Waals surface area contributed by atoms with Gasteiger partial charge in [-0.15, -0.1) is 4.74 Å². The van der Waals surface area contributed by atoms with Gasteiger partial charge in [-0.25, -0.2) is 9.59 Å². The first kappa shape index (κ1) is 16.4. The second kappa shape index (κ2) is 6.83. The number of nitrogens with zero attached hydrogens (tertiary/aromatic N) is 1. The molecule has 22 heavy (non-hydrogen) atoms. The summed E-state index contributed by atoms with van der Waals surface area (Å²) in [5.74, 6) is 0. The van der Waals surface area contributed by atoms with E-state index in [2.05, 4.69) is 5.32 Å². The van der Waals surface area contributed by atoms with Gasteiger partial charge in [0.05, 0.1) is 5.56 Å². The van der Waals surface area contributed by atoms with Crippen molar-refractivity contribution in [2.75, 3.05) is 0 Å². The van der Waals surface area contributed by atoms with Gasteiger partial charge in [-0.2, -0.15) is 0 Å². The number of aromatic nitrogens is 1. The summed E-state index contributed by atoms with van der Waals surface area (Å²) < 4.78 is 6.12. The fourth-order valence-corrected chi connectivity index (χ4v) is 2.38. The van der Waals surface area contributed by atoms with Crippen LogP contribution in [0.4, 0.5) is 4.79 Å². The van der Waals surface area contributed by atoms with Gasteiger partial charge in [0.15, 0.2) is 0 Å². The van der Waals surface area contributed by atoms with E-state index in [1.165, 1.54) is 0 Å². The van der Waals surface area contributed by atoms with Crippen molar-refractivity contribution in [2.24, 2.45) is 0 Å². The van der Waals surface area contributed by atoms with Crippen molar-refractivity contribution in [1.29, 1.82) is 0 Å². The van der Waals surface area contributed by atoms with Crippen molar-refractivity contribution in [2.45, 2.75) is 39.7 Å². The third kappa shape index (κ3) is 3.25. The Hall–Kier alpha value is -2.01. The molecule has 1 aromatic heterocycles. The number of hydrogen-bond donors (Lipinski definition) is 1. The van der Waals surface area contributed by atoms with Crippen LogP contribution in [0.2, 0.25) is 5.02 Å². The Labute approximate surface area is 133 Å². The van der Waals surface area contributed by atoms with E-state index in [1.54, 1.807) is 31.2 Å². The molecule has 2 aromatic rings. The summed E-state index contributed by atoms with van der Waals surface area (Å²) in [6.45, 7) is 5.62. The van der Waals surface area contributed by atoms with Gasteiger partial charge < -0.3 is 9.84 Å². The number of halogens is 1. The van der Waals surface area contributed by atoms with E-state index < -0.39 is 11.7 Å². The summed E-state index contributed by atoms with van der Waals surface area (Å²) in [7, 11) is 0. The maximum Gasteiger partial charge on any atom is 0.361 e. The molecule has 0 saturated carbocycles. The van der Waals surface area contributed by atoms with E-state index in [9.17, 15) is 9.59 Å². The molecule has 1 N–H and O–H groups in total. The second-order valence-corrected chi connectivity index (χ2v) is 5.55. The SMILES string of the molecule is CCC(CC)NC(=O)n1oc(=O)c(C)c1-c1ccc(Cl)cc1. The second-order valence-electron chi connectivity index (χ2n) is 5.12. The lowest BCUT2D eigenvalue weighted by Gasteiger charge is -2.15. The number of rotatable bonds is 4. The van der Waals surface area contributed by atoms with Crippen LogP contribution in [0.3, 0.4) is 0 Å². The predicted molar refractivity (Wildman–Crippen MR) is 86.5 cm³/mol. The number of hydrogen-bond acceptors (Lipinski definition) is 3. The van der Waals surface area contributed by atoms with Crippen LogP contribution < -0.4 is 10.9 Å². The fraction of sp³-hybridized carbons (Fsp3) is 0.375. The van der Waals surface area contributed by atoms with Crippen LogP contribution in [0.25, 0.3) is 11.3 Å². The van der Waals surface area contributed by atoms with E-state index in [0.717, 1.165) is 17.6 Å². The zero-order valence-corrected chi connectivity index (χ0v) is 13.6. The van der Waals surface area contributed by atoms with Gasteiger partial charge in [-0.05, 0) is 31.9 Å². The zero-order valence-electron chi connectivity index (χ0n) is 12.9. The van der Waals surface area contributed by atoms with Gasteiger partial charge in [0.1, 0.15) is 5.69 Å². The zero-order chi connectivity index (χ0) is 16.3. The molecular formula is C16H19ClN2O3. The van der Waals surface area contributed by atoms with E-state index in [1.807, 2.05) is 13.8 Å². The van der Waals surface area contributed by atoms with Crippen LogP contribution in [0.1, 0.15) is 32.3 Å². The van der Waals surface area contributed by atoms with E-state index in [4.69, 9.17) is 16.1 Å². The minimum Gasteiger partial charge on any atom is -0.332 e. The third-order valence-electron chi connectivity index (χ3n) is 3.65. The highest BCUT2D eigenvalue weighted by atomic mass is 35.5. The van der Waals surface area contributed by atoms with Crippen LogP contribution >= 0.6 is 11.6 Å². The van der Waals surface area contributed by atoms with Crippen LogP contribution in [0.5, 0.6) is 0 Å². The van der Waals surface area contributed by atoms with Crippen LogP contribution in [0.15, 0.2) is 33.6 Å². The molecule has 0 saturated heterocycles. The van der Waals surface area contributed by atoms with Gasteiger partial charge in [0, 0.05) is 16.6 Å². The molecule has 0 bridgehead atoms. The van der Waals surface area contributed by atoms with Crippen molar-refractivity contribution in [3.8, 4) is 11.3 Å². The van der Waals surface area contributed by atoms with Crippen LogP contribution in [-0.2, 0) is 0 Å². The number of amides is 1. The summed E-state index contributed by atoms with van der Waals surface area (Å²) in [5.41, 5.74) is 1.02. The first-order valence-electron chi connectivity index (χ1n) is 7.27. The van der Waals surface area contributed by atoms with Crippen molar-refractivity contribution in [3.05, 3.63) is 45.3 Å². The predicted octanol–water partition coefficient (Wildman–Crippen LogP) is 3.82. The maximum absolute atomic E-state index is 12.4. The van der Waals surface area contributed by atoms with Crippen LogP contribution in [0, 0.1) is 6.92 Å². The molecule has 6 heteroatoms. The van der Waals surface area contributed by atoms with Gasteiger partial charge in [-0.3, -0.25) is 0 Å². The molecule has 0 fully saturated rings. The molecule has 5 nitrogen and oxygen atoms in total. The lowest BCUT2D eigenvalue weighted by molar-refractivity contribution is 0.203. The van der Waals surface area contributed by atoms with Gasteiger partial charge >= 0.3 is 11.7 Å². The lowest BCUT2D eigenvalue weighted by atomic mass is 10.1. The summed E-state index contributed by atoms with van der Waals surface area (Å²) in [6, 6.07) is 6.51. The molecule has 0 unspecified atom stereocenters. The average Bonchev–Trinajstić information content (AvgIpc) is 2.81. The molecule has 2 rings (SSSR count). The highest BCUT2D eigenvalue weighted by Gasteiger charge is 2.21. The molecule has 118 valence electrons. The Balaban J connectivity index is 2.45. The first-order valence-corrected chi connectivity index (χ1v) is 7.65. The molecule has 0 spiro atoms. The monoisotopic (exact) mass is 322 g/mol. The van der Waals surface area contributed by atoms with Gasteiger partial charge in [0.2, 0.25) is 0 Å². The van der Waals surface area contributed by atoms with E-state index >= 15 is 0 Å². The average molecular weight is 323 g/mol. The summed E-state index contributed by atoms with van der Waals surface area (Å²) in [5, 5.41) is 3.44. The minimum atomic E-state index is -0.523. The van der Waals surface area contributed by atoms with Gasteiger partial charge in [0.25, 0.3) is 0 Å². The minimum absolute atomic E-state index is 0.0403. The normalized spacial score (nSPS) is 11.0. The summed E-state index contributed by atoms with van der Waals surface area (Å²) >= 11 is 5.88. The Kier molecular flexibility index (Phi) is 5.08. The number of benzene rings is 1. The third-order valence-corrected chi connectivity index (χ3v) is 3.91. The molecule has 0 atom stereocenters. The summed E-state index contributed by atoms with van der Waals surface area (Å²) in [6.07, 6.45) is 1.62. The van der Waals surface area contributed by atoms with Crippen molar-refractivity contribution in [1.82, 2.24) is 10.1 Å².